The lowest BCUT2D eigenvalue weighted by atomic mass is 10.1. The van der Waals surface area contributed by atoms with Crippen LogP contribution in [0.4, 0.5) is 0 Å². The van der Waals surface area contributed by atoms with Gasteiger partial charge in [-0.2, -0.15) is 0 Å². The van der Waals surface area contributed by atoms with Crippen LogP contribution < -0.4 is 4.74 Å². The molecule has 0 amide bonds. The van der Waals surface area contributed by atoms with Crippen molar-refractivity contribution in [1.29, 1.82) is 0 Å². The number of aldehydes is 1. The number of hydrogen-bond acceptors (Lipinski definition) is 3. The van der Waals surface area contributed by atoms with Gasteiger partial charge in [0.05, 0.1) is 13.2 Å². The third-order valence-corrected chi connectivity index (χ3v) is 8.39. The van der Waals surface area contributed by atoms with Crippen LogP contribution in [0.2, 0.25) is 18.1 Å². The summed E-state index contributed by atoms with van der Waals surface area (Å²) in [5, 5.41) is 0.168. The molecule has 1 aromatic carbocycles. The predicted molar refractivity (Wildman–Crippen MR) is 85.0 cm³/mol. The third kappa shape index (κ3) is 4.18. The molecular formula is C16H26O3Si. The maximum Gasteiger partial charge on any atom is 0.192 e. The van der Waals surface area contributed by atoms with E-state index in [2.05, 4.69) is 33.9 Å². The highest BCUT2D eigenvalue weighted by molar-refractivity contribution is 6.74. The van der Waals surface area contributed by atoms with E-state index in [4.69, 9.17) is 9.16 Å². The molecule has 0 bridgehead atoms. The van der Waals surface area contributed by atoms with Crippen molar-refractivity contribution in [1.82, 2.24) is 0 Å². The molecule has 0 atom stereocenters. The Labute approximate surface area is 123 Å². The van der Waals surface area contributed by atoms with Crippen molar-refractivity contribution in [2.24, 2.45) is 0 Å². The minimum absolute atomic E-state index is 0.168. The van der Waals surface area contributed by atoms with Crippen LogP contribution in [0, 0.1) is 0 Å². The highest BCUT2D eigenvalue weighted by Gasteiger charge is 2.37. The van der Waals surface area contributed by atoms with Crippen LogP contribution >= 0.6 is 0 Å². The lowest BCUT2D eigenvalue weighted by Gasteiger charge is -2.36. The van der Waals surface area contributed by atoms with E-state index >= 15 is 0 Å². The van der Waals surface area contributed by atoms with Crippen molar-refractivity contribution < 1.29 is 14.0 Å². The Hall–Kier alpha value is -1.13. The Balaban J connectivity index is 2.93. The van der Waals surface area contributed by atoms with Crippen molar-refractivity contribution in [3.05, 3.63) is 29.3 Å². The molecule has 0 aliphatic heterocycles. The zero-order chi connectivity index (χ0) is 15.4. The predicted octanol–water partition coefficient (Wildman–Crippen LogP) is 4.42. The molecule has 0 saturated carbocycles. The molecule has 4 heteroatoms. The van der Waals surface area contributed by atoms with Crippen molar-refractivity contribution in [3.8, 4) is 5.75 Å². The maximum atomic E-state index is 10.9. The summed E-state index contributed by atoms with van der Waals surface area (Å²) in [6.45, 7) is 14.1. The van der Waals surface area contributed by atoms with Gasteiger partial charge in [-0.05, 0) is 43.3 Å². The van der Waals surface area contributed by atoms with Gasteiger partial charge in [0, 0.05) is 11.1 Å². The summed E-state index contributed by atoms with van der Waals surface area (Å²) in [6, 6.07) is 5.47. The van der Waals surface area contributed by atoms with E-state index in [0.29, 0.717) is 18.8 Å². The normalized spacial score (nSPS) is 12.3. The fourth-order valence-corrected chi connectivity index (χ4v) is 2.51. The molecule has 0 fully saturated rings. The maximum absolute atomic E-state index is 10.9. The molecule has 0 heterocycles. The van der Waals surface area contributed by atoms with Gasteiger partial charge in [0.2, 0.25) is 0 Å². The van der Waals surface area contributed by atoms with Crippen molar-refractivity contribution in [2.45, 2.75) is 52.4 Å². The molecule has 0 aliphatic rings. The molecule has 1 aromatic rings. The van der Waals surface area contributed by atoms with Crippen LogP contribution in [0.1, 0.15) is 43.6 Å². The Morgan fingerprint density at radius 3 is 2.40 bits per heavy atom. The van der Waals surface area contributed by atoms with Gasteiger partial charge in [0.1, 0.15) is 12.0 Å². The van der Waals surface area contributed by atoms with Gasteiger partial charge in [0.15, 0.2) is 8.32 Å². The molecule has 0 N–H and O–H groups in total. The smallest absolute Gasteiger partial charge is 0.192 e. The SMILES string of the molecule is CCOc1ccc(C=O)cc1CO[Si](C)(C)C(C)(C)C. The van der Waals surface area contributed by atoms with Crippen molar-refractivity contribution in [2.75, 3.05) is 6.61 Å². The van der Waals surface area contributed by atoms with E-state index < -0.39 is 8.32 Å². The Morgan fingerprint density at radius 1 is 1.25 bits per heavy atom. The molecule has 0 unspecified atom stereocenters. The fourth-order valence-electron chi connectivity index (χ4n) is 1.56. The standard InChI is InChI=1S/C16H26O3Si/c1-7-18-15-9-8-13(11-17)10-14(15)12-19-20(5,6)16(2,3)4/h8-11H,7,12H2,1-6H3. The number of ether oxygens (including phenoxy) is 1. The number of carbonyl (C=O) groups excluding carboxylic acids is 1. The molecule has 0 aliphatic carbocycles. The number of rotatable bonds is 6. The van der Waals surface area contributed by atoms with E-state index in [1.165, 1.54) is 0 Å². The molecule has 0 saturated heterocycles. The zero-order valence-corrected chi connectivity index (χ0v) is 14.4. The number of benzene rings is 1. The first-order valence-electron chi connectivity index (χ1n) is 7.06. The average molecular weight is 294 g/mol. The third-order valence-electron chi connectivity index (χ3n) is 3.92. The van der Waals surface area contributed by atoms with E-state index in [1.54, 1.807) is 6.07 Å². The Morgan fingerprint density at radius 2 is 1.90 bits per heavy atom. The van der Waals surface area contributed by atoms with E-state index in [0.717, 1.165) is 17.6 Å². The van der Waals surface area contributed by atoms with Gasteiger partial charge in [-0.3, -0.25) is 4.79 Å². The van der Waals surface area contributed by atoms with Crippen molar-refractivity contribution in [3.63, 3.8) is 0 Å². The Kier molecular flexibility index (Phi) is 5.54. The van der Waals surface area contributed by atoms with E-state index in [1.807, 2.05) is 19.1 Å². The molecular weight excluding hydrogens is 268 g/mol. The number of carbonyl (C=O) groups is 1. The lowest BCUT2D eigenvalue weighted by molar-refractivity contribution is 0.112. The highest BCUT2D eigenvalue weighted by Crippen LogP contribution is 2.37. The van der Waals surface area contributed by atoms with Gasteiger partial charge < -0.3 is 9.16 Å². The average Bonchev–Trinajstić information content (AvgIpc) is 2.36. The fraction of sp³-hybridized carbons (Fsp3) is 0.562. The highest BCUT2D eigenvalue weighted by atomic mass is 28.4. The molecule has 0 spiro atoms. The minimum Gasteiger partial charge on any atom is -0.494 e. The summed E-state index contributed by atoms with van der Waals surface area (Å²) < 4.78 is 11.8. The summed E-state index contributed by atoms with van der Waals surface area (Å²) >= 11 is 0. The molecule has 0 aromatic heterocycles. The summed E-state index contributed by atoms with van der Waals surface area (Å²) in [5.41, 5.74) is 1.60. The molecule has 0 radical (unpaired) electrons. The largest absolute Gasteiger partial charge is 0.494 e. The molecule has 3 nitrogen and oxygen atoms in total. The van der Waals surface area contributed by atoms with Crippen LogP contribution in [0.5, 0.6) is 5.75 Å². The van der Waals surface area contributed by atoms with Gasteiger partial charge in [-0.25, -0.2) is 0 Å². The quantitative estimate of drug-likeness (QED) is 0.575. The van der Waals surface area contributed by atoms with Crippen LogP contribution in [0.15, 0.2) is 18.2 Å². The summed E-state index contributed by atoms with van der Waals surface area (Å²) in [7, 11) is -1.81. The molecule has 112 valence electrons. The van der Waals surface area contributed by atoms with Crippen LogP contribution in [-0.2, 0) is 11.0 Å². The monoisotopic (exact) mass is 294 g/mol. The van der Waals surface area contributed by atoms with Crippen LogP contribution in [0.3, 0.4) is 0 Å². The van der Waals surface area contributed by atoms with Gasteiger partial charge in [0.25, 0.3) is 0 Å². The van der Waals surface area contributed by atoms with Gasteiger partial charge >= 0.3 is 0 Å². The van der Waals surface area contributed by atoms with Crippen LogP contribution in [0.25, 0.3) is 0 Å². The minimum atomic E-state index is -1.81. The second kappa shape index (κ2) is 6.55. The Bertz CT molecular complexity index is 461. The molecule has 1 rings (SSSR count). The van der Waals surface area contributed by atoms with Crippen molar-refractivity contribution >= 4 is 14.6 Å². The summed E-state index contributed by atoms with van der Waals surface area (Å²) in [6.07, 6.45) is 0.853. The first-order chi connectivity index (χ1) is 9.21. The second-order valence-electron chi connectivity index (χ2n) is 6.47. The lowest BCUT2D eigenvalue weighted by Crippen LogP contribution is -2.40. The van der Waals surface area contributed by atoms with Gasteiger partial charge in [-0.1, -0.05) is 20.8 Å². The topological polar surface area (TPSA) is 35.5 Å². The second-order valence-corrected chi connectivity index (χ2v) is 11.3. The molecule has 20 heavy (non-hydrogen) atoms. The first kappa shape index (κ1) is 16.9. The van der Waals surface area contributed by atoms with Gasteiger partial charge in [-0.15, -0.1) is 0 Å². The summed E-state index contributed by atoms with van der Waals surface area (Å²) in [4.78, 5) is 10.9. The number of hydrogen-bond donors (Lipinski definition) is 0. The van der Waals surface area contributed by atoms with Crippen LogP contribution in [-0.4, -0.2) is 21.2 Å². The van der Waals surface area contributed by atoms with E-state index in [-0.39, 0.29) is 5.04 Å². The van der Waals surface area contributed by atoms with E-state index in [9.17, 15) is 4.79 Å². The summed E-state index contributed by atoms with van der Waals surface area (Å²) in [5.74, 6) is 0.803. The zero-order valence-electron chi connectivity index (χ0n) is 13.4. The first-order valence-corrected chi connectivity index (χ1v) is 9.97.